The number of carbonyl (C=O) groups excluding carboxylic acids is 1. The van der Waals surface area contributed by atoms with Crippen molar-refractivity contribution in [1.29, 1.82) is 0 Å². The predicted molar refractivity (Wildman–Crippen MR) is 133 cm³/mol. The van der Waals surface area contributed by atoms with Gasteiger partial charge in [0.05, 0.1) is 11.8 Å². The molecule has 0 bridgehead atoms. The van der Waals surface area contributed by atoms with Crippen molar-refractivity contribution >= 4 is 26.9 Å². The number of ether oxygens (including phenoxy) is 2. The van der Waals surface area contributed by atoms with Gasteiger partial charge in [0, 0.05) is 31.4 Å². The van der Waals surface area contributed by atoms with Crippen LogP contribution in [0.1, 0.15) is 45.1 Å². The number of halogens is 3. The molecule has 1 aliphatic rings. The number of carbonyl (C=O) groups is 1. The standard InChI is InChI=1S/C26H32F3NO3S/c1-19(2)33-24(31)25(14-16-32-17-15-25)34(3,4)22-10-8-21(9-11-22)23-12-7-20(18-30-23)6-5-13-26(27,28)29/h7-12,18-19H,3-6,13-17H2,1-2H3. The molecule has 0 amide bonds. The van der Waals surface area contributed by atoms with Crippen molar-refractivity contribution in [1.82, 2.24) is 4.98 Å². The van der Waals surface area contributed by atoms with Gasteiger partial charge in [0.2, 0.25) is 0 Å². The summed E-state index contributed by atoms with van der Waals surface area (Å²) >= 11 is 0. The molecule has 1 aliphatic heterocycles. The summed E-state index contributed by atoms with van der Waals surface area (Å²) in [5.74, 6) is 8.62. The van der Waals surface area contributed by atoms with Crippen LogP contribution in [0.5, 0.6) is 0 Å². The van der Waals surface area contributed by atoms with E-state index in [4.69, 9.17) is 9.47 Å². The number of hydrogen-bond acceptors (Lipinski definition) is 4. The van der Waals surface area contributed by atoms with E-state index in [1.54, 1.807) is 6.20 Å². The summed E-state index contributed by atoms with van der Waals surface area (Å²) in [5, 5.41) is 0. The van der Waals surface area contributed by atoms with Crippen LogP contribution in [0.2, 0.25) is 0 Å². The third kappa shape index (κ3) is 6.02. The van der Waals surface area contributed by atoms with Gasteiger partial charge >= 0.3 is 12.1 Å². The maximum atomic E-state index is 13.2. The SMILES string of the molecule is C=S(=C)(c1ccc(-c2ccc(CCCC(F)(F)F)cn2)cc1)C1(C(=O)OC(C)C)CCOCC1. The van der Waals surface area contributed by atoms with Gasteiger partial charge in [-0.05, 0) is 68.2 Å². The summed E-state index contributed by atoms with van der Waals surface area (Å²) in [6.07, 6.45) is -2.14. The number of rotatable bonds is 8. The second kappa shape index (κ2) is 10.5. The molecule has 2 aromatic rings. The molecular formula is C26H32F3NO3S. The van der Waals surface area contributed by atoms with Gasteiger partial charge in [0.1, 0.15) is 4.75 Å². The number of benzene rings is 1. The minimum absolute atomic E-state index is 0.0448. The van der Waals surface area contributed by atoms with Gasteiger partial charge in [-0.25, -0.2) is 0 Å². The van der Waals surface area contributed by atoms with Gasteiger partial charge in [0.15, 0.2) is 0 Å². The molecule has 1 saturated heterocycles. The Kier molecular flexibility index (Phi) is 8.14. The average molecular weight is 496 g/mol. The van der Waals surface area contributed by atoms with E-state index in [0.717, 1.165) is 21.7 Å². The Morgan fingerprint density at radius 1 is 1.15 bits per heavy atom. The zero-order valence-electron chi connectivity index (χ0n) is 19.7. The summed E-state index contributed by atoms with van der Waals surface area (Å²) in [6.45, 7) is 4.59. The van der Waals surface area contributed by atoms with E-state index in [1.807, 2.05) is 50.2 Å². The Labute approximate surface area is 200 Å². The Morgan fingerprint density at radius 3 is 2.32 bits per heavy atom. The molecule has 2 heterocycles. The topological polar surface area (TPSA) is 48.4 Å². The van der Waals surface area contributed by atoms with E-state index in [2.05, 4.69) is 16.7 Å². The van der Waals surface area contributed by atoms with Crippen LogP contribution in [-0.2, 0) is 20.7 Å². The molecule has 186 valence electrons. The second-order valence-corrected chi connectivity index (χ2v) is 12.0. The summed E-state index contributed by atoms with van der Waals surface area (Å²) in [4.78, 5) is 18.5. The highest BCUT2D eigenvalue weighted by atomic mass is 32.2. The minimum atomic E-state index is -4.14. The highest BCUT2D eigenvalue weighted by Crippen LogP contribution is 2.51. The summed E-state index contributed by atoms with van der Waals surface area (Å²) in [7, 11) is -2.06. The van der Waals surface area contributed by atoms with Crippen LogP contribution in [0, 0.1) is 0 Å². The molecule has 0 N–H and O–H groups in total. The maximum absolute atomic E-state index is 13.2. The Morgan fingerprint density at radius 2 is 1.79 bits per heavy atom. The van der Waals surface area contributed by atoms with Crippen molar-refractivity contribution in [2.45, 2.75) is 67.9 Å². The van der Waals surface area contributed by atoms with Crippen LogP contribution in [0.4, 0.5) is 13.2 Å². The average Bonchev–Trinajstić information content (AvgIpc) is 2.79. The quantitative estimate of drug-likeness (QED) is 0.325. The molecular weight excluding hydrogens is 463 g/mol. The zero-order chi connectivity index (χ0) is 25.0. The first kappa shape index (κ1) is 26.3. The van der Waals surface area contributed by atoms with Crippen molar-refractivity contribution in [3.05, 3.63) is 48.2 Å². The van der Waals surface area contributed by atoms with Gasteiger partial charge in [-0.3, -0.25) is 9.78 Å². The lowest BCUT2D eigenvalue weighted by atomic mass is 9.99. The van der Waals surface area contributed by atoms with Crippen molar-refractivity contribution < 1.29 is 27.4 Å². The van der Waals surface area contributed by atoms with Gasteiger partial charge in [-0.1, -0.05) is 29.9 Å². The molecule has 0 unspecified atom stereocenters. The van der Waals surface area contributed by atoms with Crippen LogP contribution >= 0.6 is 9.21 Å². The molecule has 3 rings (SSSR count). The predicted octanol–water partition coefficient (Wildman–Crippen LogP) is 6.16. The molecule has 4 nitrogen and oxygen atoms in total. The molecule has 0 saturated carbocycles. The summed E-state index contributed by atoms with van der Waals surface area (Å²) in [5.41, 5.74) is 2.36. The first-order valence-corrected chi connectivity index (χ1v) is 13.3. The zero-order valence-corrected chi connectivity index (χ0v) is 20.5. The normalized spacial score (nSPS) is 16.4. The Hall–Kier alpha value is -2.32. The monoisotopic (exact) mass is 495 g/mol. The van der Waals surface area contributed by atoms with E-state index >= 15 is 0 Å². The highest BCUT2D eigenvalue weighted by molar-refractivity contribution is 8.29. The number of aryl methyl sites for hydroxylation is 1. The lowest BCUT2D eigenvalue weighted by Gasteiger charge is -2.41. The fraction of sp³-hybridized carbons (Fsp3) is 0.462. The lowest BCUT2D eigenvalue weighted by Crippen LogP contribution is -2.45. The number of alkyl halides is 3. The van der Waals surface area contributed by atoms with Crippen molar-refractivity contribution in [2.24, 2.45) is 0 Å². The summed E-state index contributed by atoms with van der Waals surface area (Å²) in [6, 6.07) is 11.3. The maximum Gasteiger partial charge on any atom is 0.389 e. The van der Waals surface area contributed by atoms with Crippen molar-refractivity contribution in [2.75, 3.05) is 13.2 Å². The van der Waals surface area contributed by atoms with E-state index in [1.165, 1.54) is 0 Å². The molecule has 34 heavy (non-hydrogen) atoms. The second-order valence-electron chi connectivity index (χ2n) is 8.99. The molecule has 1 fully saturated rings. The molecule has 0 aliphatic carbocycles. The van der Waals surface area contributed by atoms with Crippen LogP contribution in [0.3, 0.4) is 0 Å². The number of aromatic nitrogens is 1. The first-order valence-electron chi connectivity index (χ1n) is 11.3. The van der Waals surface area contributed by atoms with E-state index in [9.17, 15) is 18.0 Å². The molecule has 0 radical (unpaired) electrons. The molecule has 0 spiro atoms. The Balaban J connectivity index is 1.79. The van der Waals surface area contributed by atoms with Crippen LogP contribution < -0.4 is 0 Å². The van der Waals surface area contributed by atoms with Crippen LogP contribution in [0.15, 0.2) is 47.5 Å². The highest BCUT2D eigenvalue weighted by Gasteiger charge is 2.46. The van der Waals surface area contributed by atoms with Gasteiger partial charge in [-0.2, -0.15) is 22.4 Å². The smallest absolute Gasteiger partial charge is 0.389 e. The number of nitrogens with zero attached hydrogens (tertiary/aromatic N) is 1. The number of esters is 1. The molecule has 8 heteroatoms. The number of hydrogen-bond donors (Lipinski definition) is 0. The first-order chi connectivity index (χ1) is 15.9. The van der Waals surface area contributed by atoms with E-state index in [0.29, 0.717) is 32.5 Å². The third-order valence-corrected chi connectivity index (χ3v) is 9.36. The van der Waals surface area contributed by atoms with E-state index in [-0.39, 0.29) is 18.5 Å². The van der Waals surface area contributed by atoms with Gasteiger partial charge in [0.25, 0.3) is 0 Å². The Bertz CT molecular complexity index is 1070. The summed E-state index contributed by atoms with van der Waals surface area (Å²) < 4.78 is 47.4. The van der Waals surface area contributed by atoms with Crippen molar-refractivity contribution in [3.63, 3.8) is 0 Å². The molecule has 1 aromatic carbocycles. The minimum Gasteiger partial charge on any atom is -0.462 e. The van der Waals surface area contributed by atoms with Gasteiger partial charge in [-0.15, -0.1) is 0 Å². The fourth-order valence-corrected chi connectivity index (χ4v) is 6.55. The van der Waals surface area contributed by atoms with Crippen LogP contribution in [0.25, 0.3) is 11.3 Å². The fourth-order valence-electron chi connectivity index (χ4n) is 4.12. The van der Waals surface area contributed by atoms with Gasteiger partial charge < -0.3 is 9.47 Å². The number of pyridine rings is 1. The largest absolute Gasteiger partial charge is 0.462 e. The lowest BCUT2D eigenvalue weighted by molar-refractivity contribution is -0.153. The van der Waals surface area contributed by atoms with E-state index < -0.39 is 26.6 Å². The molecule has 0 atom stereocenters. The third-order valence-electron chi connectivity index (χ3n) is 6.11. The molecule has 1 aromatic heterocycles. The van der Waals surface area contributed by atoms with Crippen molar-refractivity contribution in [3.8, 4) is 11.3 Å². The van der Waals surface area contributed by atoms with Crippen LogP contribution in [-0.4, -0.2) is 52.9 Å².